The first-order chi connectivity index (χ1) is 10.0. The highest BCUT2D eigenvalue weighted by Gasteiger charge is 2.18. The highest BCUT2D eigenvalue weighted by molar-refractivity contribution is 6.30. The van der Waals surface area contributed by atoms with Crippen molar-refractivity contribution in [2.24, 2.45) is 7.05 Å². The molecule has 7 heteroatoms. The summed E-state index contributed by atoms with van der Waals surface area (Å²) in [5.41, 5.74) is 1.89. The SMILES string of the molecule is Cn1cc(-c2nn(-c3ccc(Cl)cc3)cc2C(=O)O)cn1. The van der Waals surface area contributed by atoms with Crippen molar-refractivity contribution in [3.63, 3.8) is 0 Å². The van der Waals surface area contributed by atoms with Crippen LogP contribution >= 0.6 is 11.6 Å². The van der Waals surface area contributed by atoms with Crippen molar-refractivity contribution < 1.29 is 9.90 Å². The number of carboxylic acids is 1. The molecule has 0 atom stereocenters. The first kappa shape index (κ1) is 13.4. The maximum Gasteiger partial charge on any atom is 0.339 e. The molecule has 2 heterocycles. The third kappa shape index (κ3) is 2.53. The van der Waals surface area contributed by atoms with Gasteiger partial charge in [0.2, 0.25) is 0 Å². The fourth-order valence-electron chi connectivity index (χ4n) is 2.01. The highest BCUT2D eigenvalue weighted by Crippen LogP contribution is 2.23. The van der Waals surface area contributed by atoms with Crippen LogP contribution in [0.4, 0.5) is 0 Å². The van der Waals surface area contributed by atoms with Crippen LogP contribution in [0.15, 0.2) is 42.9 Å². The van der Waals surface area contributed by atoms with E-state index in [9.17, 15) is 9.90 Å². The second-order valence-corrected chi connectivity index (χ2v) is 4.96. The molecule has 2 aromatic heterocycles. The molecule has 6 nitrogen and oxygen atoms in total. The normalized spacial score (nSPS) is 10.8. The Labute approximate surface area is 125 Å². The summed E-state index contributed by atoms with van der Waals surface area (Å²) >= 11 is 5.85. The van der Waals surface area contributed by atoms with Crippen LogP contribution < -0.4 is 0 Å². The molecule has 1 N–H and O–H groups in total. The molecular formula is C14H11ClN4O2. The number of hydrogen-bond acceptors (Lipinski definition) is 3. The maximum absolute atomic E-state index is 11.4. The van der Waals surface area contributed by atoms with Crippen molar-refractivity contribution in [1.29, 1.82) is 0 Å². The van der Waals surface area contributed by atoms with E-state index in [2.05, 4.69) is 10.2 Å². The van der Waals surface area contributed by atoms with Crippen LogP contribution in [-0.2, 0) is 7.05 Å². The molecule has 3 aromatic rings. The van der Waals surface area contributed by atoms with Crippen LogP contribution in [0.2, 0.25) is 5.02 Å². The Hall–Kier alpha value is -2.60. The van der Waals surface area contributed by atoms with Crippen molar-refractivity contribution in [2.75, 3.05) is 0 Å². The molecule has 0 fully saturated rings. The third-order valence-corrected chi connectivity index (χ3v) is 3.27. The summed E-state index contributed by atoms with van der Waals surface area (Å²) in [6, 6.07) is 6.99. The predicted octanol–water partition coefficient (Wildman–Crippen LogP) is 2.62. The van der Waals surface area contributed by atoms with Gasteiger partial charge in [-0.2, -0.15) is 10.2 Å². The van der Waals surface area contributed by atoms with Crippen molar-refractivity contribution in [1.82, 2.24) is 19.6 Å². The quantitative estimate of drug-likeness (QED) is 0.807. The Morgan fingerprint density at radius 1 is 1.24 bits per heavy atom. The molecule has 0 aliphatic rings. The number of benzene rings is 1. The second-order valence-electron chi connectivity index (χ2n) is 4.52. The minimum Gasteiger partial charge on any atom is -0.478 e. The zero-order valence-electron chi connectivity index (χ0n) is 11.1. The zero-order valence-corrected chi connectivity index (χ0v) is 11.8. The monoisotopic (exact) mass is 302 g/mol. The van der Waals surface area contributed by atoms with E-state index in [4.69, 9.17) is 11.6 Å². The predicted molar refractivity (Wildman–Crippen MR) is 77.7 cm³/mol. The zero-order chi connectivity index (χ0) is 15.0. The van der Waals surface area contributed by atoms with Crippen LogP contribution in [0.5, 0.6) is 0 Å². The number of aromatic nitrogens is 4. The van der Waals surface area contributed by atoms with Gasteiger partial charge in [0.25, 0.3) is 0 Å². The largest absolute Gasteiger partial charge is 0.478 e. The lowest BCUT2D eigenvalue weighted by molar-refractivity contribution is 0.0697. The third-order valence-electron chi connectivity index (χ3n) is 3.01. The Morgan fingerprint density at radius 2 is 1.95 bits per heavy atom. The van der Waals surface area contributed by atoms with Crippen molar-refractivity contribution in [3.05, 3.63) is 53.4 Å². The van der Waals surface area contributed by atoms with Gasteiger partial charge in [-0.25, -0.2) is 9.48 Å². The number of rotatable bonds is 3. The number of hydrogen-bond donors (Lipinski definition) is 1. The van der Waals surface area contributed by atoms with Gasteiger partial charge in [0.05, 0.1) is 11.9 Å². The van der Waals surface area contributed by atoms with Crippen LogP contribution in [0.25, 0.3) is 16.9 Å². The smallest absolute Gasteiger partial charge is 0.339 e. The summed E-state index contributed by atoms with van der Waals surface area (Å²) < 4.78 is 3.12. The Morgan fingerprint density at radius 3 is 2.52 bits per heavy atom. The molecule has 3 rings (SSSR count). The van der Waals surface area contributed by atoms with Crippen LogP contribution in [-0.4, -0.2) is 30.6 Å². The Bertz CT molecular complexity index is 805. The van der Waals surface area contributed by atoms with Crippen LogP contribution in [0.3, 0.4) is 0 Å². The molecule has 0 saturated heterocycles. The molecule has 0 bridgehead atoms. The summed E-state index contributed by atoms with van der Waals surface area (Å²) in [6.07, 6.45) is 4.79. The van der Waals surface area contributed by atoms with Gasteiger partial charge in [-0.15, -0.1) is 0 Å². The molecule has 0 spiro atoms. The van der Waals surface area contributed by atoms with Gasteiger partial charge in [-0.3, -0.25) is 4.68 Å². The second kappa shape index (κ2) is 5.06. The summed E-state index contributed by atoms with van der Waals surface area (Å²) in [5.74, 6) is -1.03. The molecule has 106 valence electrons. The van der Waals surface area contributed by atoms with E-state index in [1.54, 1.807) is 48.4 Å². The van der Waals surface area contributed by atoms with E-state index in [0.29, 0.717) is 16.3 Å². The van der Waals surface area contributed by atoms with Gasteiger partial charge >= 0.3 is 5.97 Å². The number of aryl methyl sites for hydroxylation is 1. The van der Waals surface area contributed by atoms with E-state index >= 15 is 0 Å². The number of carboxylic acid groups (broad SMARTS) is 1. The standard InChI is InChI=1S/C14H11ClN4O2/c1-18-7-9(6-16-18)13-12(14(20)21)8-19(17-13)11-4-2-10(15)3-5-11/h2-8H,1H3,(H,20,21). The molecule has 21 heavy (non-hydrogen) atoms. The van der Waals surface area contributed by atoms with Crippen molar-refractivity contribution >= 4 is 17.6 Å². The molecule has 0 aliphatic carbocycles. The van der Waals surface area contributed by atoms with Crippen molar-refractivity contribution in [3.8, 4) is 16.9 Å². The van der Waals surface area contributed by atoms with Gasteiger partial charge in [0.1, 0.15) is 11.3 Å². The van der Waals surface area contributed by atoms with E-state index in [1.807, 2.05) is 0 Å². The summed E-state index contributed by atoms with van der Waals surface area (Å²) in [6.45, 7) is 0. The number of nitrogens with zero attached hydrogens (tertiary/aromatic N) is 4. The molecule has 0 aliphatic heterocycles. The molecule has 0 radical (unpaired) electrons. The molecule has 0 saturated carbocycles. The minimum atomic E-state index is -1.03. The first-order valence-corrected chi connectivity index (χ1v) is 6.50. The number of aromatic carboxylic acids is 1. The van der Waals surface area contributed by atoms with Crippen LogP contribution in [0.1, 0.15) is 10.4 Å². The fraction of sp³-hybridized carbons (Fsp3) is 0.0714. The summed E-state index contributed by atoms with van der Waals surface area (Å²) in [4.78, 5) is 11.4. The average molecular weight is 303 g/mol. The van der Waals surface area contributed by atoms with E-state index in [-0.39, 0.29) is 5.56 Å². The van der Waals surface area contributed by atoms with Gasteiger partial charge in [0.15, 0.2) is 0 Å². The van der Waals surface area contributed by atoms with Gasteiger partial charge in [-0.1, -0.05) is 11.6 Å². The van der Waals surface area contributed by atoms with E-state index in [1.165, 1.54) is 10.9 Å². The fourth-order valence-corrected chi connectivity index (χ4v) is 2.14. The number of halogens is 1. The summed E-state index contributed by atoms with van der Waals surface area (Å²) in [7, 11) is 1.76. The lowest BCUT2D eigenvalue weighted by atomic mass is 10.1. The Balaban J connectivity index is 2.12. The average Bonchev–Trinajstić information content (AvgIpc) is 3.05. The van der Waals surface area contributed by atoms with Crippen molar-refractivity contribution in [2.45, 2.75) is 0 Å². The lowest BCUT2D eigenvalue weighted by Crippen LogP contribution is -1.96. The van der Waals surface area contributed by atoms with Crippen LogP contribution in [0, 0.1) is 0 Å². The number of carbonyl (C=O) groups is 1. The van der Waals surface area contributed by atoms with Gasteiger partial charge in [0, 0.05) is 30.0 Å². The highest BCUT2D eigenvalue weighted by atomic mass is 35.5. The maximum atomic E-state index is 11.4. The van der Waals surface area contributed by atoms with E-state index < -0.39 is 5.97 Å². The van der Waals surface area contributed by atoms with E-state index in [0.717, 1.165) is 5.69 Å². The van der Waals surface area contributed by atoms with Gasteiger partial charge in [-0.05, 0) is 24.3 Å². The molecular weight excluding hydrogens is 292 g/mol. The lowest BCUT2D eigenvalue weighted by Gasteiger charge is -2.00. The topological polar surface area (TPSA) is 72.9 Å². The molecule has 0 amide bonds. The minimum absolute atomic E-state index is 0.123. The van der Waals surface area contributed by atoms with Gasteiger partial charge < -0.3 is 5.11 Å². The summed E-state index contributed by atoms with van der Waals surface area (Å²) in [5, 5.41) is 18.3. The molecule has 0 unspecified atom stereocenters. The molecule has 1 aromatic carbocycles. The first-order valence-electron chi connectivity index (χ1n) is 6.12. The Kier molecular flexibility index (Phi) is 3.23.